The van der Waals surface area contributed by atoms with Gasteiger partial charge in [-0.25, -0.2) is 4.90 Å². The fraction of sp³-hybridized carbons (Fsp3) is 0.111. The van der Waals surface area contributed by atoms with Crippen LogP contribution in [0.3, 0.4) is 0 Å². The van der Waals surface area contributed by atoms with Crippen LogP contribution in [0.25, 0.3) is 6.08 Å². The van der Waals surface area contributed by atoms with Crippen LogP contribution < -0.4 is 9.64 Å². The third-order valence-electron chi connectivity index (χ3n) is 3.44. The van der Waals surface area contributed by atoms with Gasteiger partial charge in [-0.05, 0) is 60.7 Å². The van der Waals surface area contributed by atoms with Gasteiger partial charge in [-0.3, -0.25) is 9.59 Å². The largest absolute Gasteiger partial charge is 0.504 e. The maximum Gasteiger partial charge on any atom is 0.298 e. The number of hydrogen-bond donors (Lipinski definition) is 1. The topological polar surface area (TPSA) is 66.8 Å². The van der Waals surface area contributed by atoms with Crippen LogP contribution in [0, 0.1) is 0 Å². The molecule has 1 N–H and O–H groups in total. The van der Waals surface area contributed by atoms with E-state index in [2.05, 4.69) is 0 Å². The Morgan fingerprint density at radius 2 is 2.04 bits per heavy atom. The number of halogens is 1. The third kappa shape index (κ3) is 3.65. The van der Waals surface area contributed by atoms with Crippen LogP contribution in [0.15, 0.2) is 47.4 Å². The number of ether oxygens (including phenoxy) is 1. The minimum Gasteiger partial charge on any atom is -0.504 e. The Morgan fingerprint density at radius 1 is 1.24 bits per heavy atom. The van der Waals surface area contributed by atoms with Gasteiger partial charge in [0.05, 0.1) is 17.2 Å². The van der Waals surface area contributed by atoms with Gasteiger partial charge in [0.15, 0.2) is 11.5 Å². The third-order valence-corrected chi connectivity index (χ3v) is 4.55. The Labute approximate surface area is 153 Å². The molecule has 1 saturated heterocycles. The molecule has 0 radical (unpaired) electrons. The highest BCUT2D eigenvalue weighted by atomic mass is 35.5. The number of phenols is 1. The van der Waals surface area contributed by atoms with Crippen LogP contribution in [-0.2, 0) is 4.79 Å². The van der Waals surface area contributed by atoms with Crippen LogP contribution in [0.4, 0.5) is 10.5 Å². The van der Waals surface area contributed by atoms with E-state index >= 15 is 0 Å². The number of anilines is 1. The van der Waals surface area contributed by atoms with E-state index in [1.54, 1.807) is 42.5 Å². The Balaban J connectivity index is 1.92. The number of hydrogen-bond acceptors (Lipinski definition) is 5. The number of thioether (sulfide) groups is 1. The van der Waals surface area contributed by atoms with Crippen LogP contribution in [0.1, 0.15) is 12.5 Å². The fourth-order valence-corrected chi connectivity index (χ4v) is 3.37. The lowest BCUT2D eigenvalue weighted by Crippen LogP contribution is -2.27. The smallest absolute Gasteiger partial charge is 0.298 e. The van der Waals surface area contributed by atoms with Crippen molar-refractivity contribution in [2.45, 2.75) is 6.92 Å². The first kappa shape index (κ1) is 17.4. The van der Waals surface area contributed by atoms with E-state index in [0.29, 0.717) is 28.6 Å². The molecule has 3 rings (SSSR count). The Bertz CT molecular complexity index is 881. The van der Waals surface area contributed by atoms with Crippen molar-refractivity contribution < 1.29 is 19.4 Å². The zero-order valence-corrected chi connectivity index (χ0v) is 14.8. The molecule has 1 heterocycles. The number of amides is 2. The molecular weight excluding hydrogens is 362 g/mol. The van der Waals surface area contributed by atoms with Crippen LogP contribution in [-0.4, -0.2) is 22.9 Å². The van der Waals surface area contributed by atoms with Gasteiger partial charge in [-0.15, -0.1) is 0 Å². The second-order valence-corrected chi connectivity index (χ2v) is 6.59. The monoisotopic (exact) mass is 375 g/mol. The summed E-state index contributed by atoms with van der Waals surface area (Å²) in [5.74, 6) is -0.0698. The number of carbonyl (C=O) groups is 2. The number of nitrogens with zero attached hydrogens (tertiary/aromatic N) is 1. The highest BCUT2D eigenvalue weighted by Gasteiger charge is 2.36. The average Bonchev–Trinajstić information content (AvgIpc) is 2.85. The van der Waals surface area contributed by atoms with Crippen molar-refractivity contribution >= 4 is 46.3 Å². The first-order valence-corrected chi connectivity index (χ1v) is 8.68. The zero-order chi connectivity index (χ0) is 18.0. The summed E-state index contributed by atoms with van der Waals surface area (Å²) < 4.78 is 5.33. The predicted octanol–water partition coefficient (Wildman–Crippen LogP) is 4.69. The second-order valence-electron chi connectivity index (χ2n) is 5.16. The molecule has 1 aliphatic rings. The molecule has 1 aliphatic heterocycles. The Hall–Kier alpha value is -2.44. The molecule has 0 aromatic heterocycles. The van der Waals surface area contributed by atoms with Crippen molar-refractivity contribution in [3.05, 3.63) is 58.0 Å². The second kappa shape index (κ2) is 7.21. The van der Waals surface area contributed by atoms with Gasteiger partial charge in [-0.1, -0.05) is 23.7 Å². The maximum absolute atomic E-state index is 12.6. The van der Waals surface area contributed by atoms with E-state index < -0.39 is 5.91 Å². The molecule has 128 valence electrons. The lowest BCUT2D eigenvalue weighted by molar-refractivity contribution is -0.113. The summed E-state index contributed by atoms with van der Waals surface area (Å²) in [6, 6.07) is 11.3. The first-order valence-electron chi connectivity index (χ1n) is 7.49. The molecule has 7 heteroatoms. The van der Waals surface area contributed by atoms with Crippen molar-refractivity contribution in [3.63, 3.8) is 0 Å². The van der Waals surface area contributed by atoms with Gasteiger partial charge in [0.1, 0.15) is 0 Å². The highest BCUT2D eigenvalue weighted by Crippen LogP contribution is 2.37. The number of phenolic OH excluding ortho intramolecular Hbond substituents is 1. The molecule has 5 nitrogen and oxygen atoms in total. The number of aromatic hydroxyl groups is 1. The van der Waals surface area contributed by atoms with Crippen LogP contribution >= 0.6 is 23.4 Å². The molecule has 0 bridgehead atoms. The summed E-state index contributed by atoms with van der Waals surface area (Å²) in [6.07, 6.45) is 1.59. The molecule has 0 saturated carbocycles. The summed E-state index contributed by atoms with van der Waals surface area (Å²) in [5, 5.41) is 9.80. The summed E-state index contributed by atoms with van der Waals surface area (Å²) in [7, 11) is 0. The number of carbonyl (C=O) groups excluding carboxylic acids is 2. The Kier molecular flexibility index (Phi) is 5.01. The van der Waals surface area contributed by atoms with Gasteiger partial charge in [0.25, 0.3) is 11.1 Å². The molecule has 0 atom stereocenters. The van der Waals surface area contributed by atoms with Crippen molar-refractivity contribution in [3.8, 4) is 11.5 Å². The molecule has 0 unspecified atom stereocenters. The van der Waals surface area contributed by atoms with Gasteiger partial charge >= 0.3 is 0 Å². The molecule has 0 spiro atoms. The molecule has 2 amide bonds. The van der Waals surface area contributed by atoms with Gasteiger partial charge < -0.3 is 9.84 Å². The van der Waals surface area contributed by atoms with Crippen molar-refractivity contribution in [2.75, 3.05) is 11.5 Å². The highest BCUT2D eigenvalue weighted by molar-refractivity contribution is 8.19. The summed E-state index contributed by atoms with van der Waals surface area (Å²) in [4.78, 5) is 26.2. The van der Waals surface area contributed by atoms with Crippen LogP contribution in [0.5, 0.6) is 11.5 Å². The summed E-state index contributed by atoms with van der Waals surface area (Å²) in [6.45, 7) is 2.21. The molecule has 0 aliphatic carbocycles. The van der Waals surface area contributed by atoms with E-state index in [-0.39, 0.29) is 15.9 Å². The molecule has 25 heavy (non-hydrogen) atoms. The zero-order valence-electron chi connectivity index (χ0n) is 13.2. The van der Waals surface area contributed by atoms with Gasteiger partial charge in [-0.2, -0.15) is 0 Å². The molecule has 2 aromatic rings. The number of benzene rings is 2. The van der Waals surface area contributed by atoms with E-state index in [1.807, 2.05) is 6.92 Å². The van der Waals surface area contributed by atoms with Gasteiger partial charge in [0, 0.05) is 5.02 Å². The fourth-order valence-electron chi connectivity index (χ4n) is 2.35. The van der Waals surface area contributed by atoms with Crippen molar-refractivity contribution in [1.82, 2.24) is 0 Å². The van der Waals surface area contributed by atoms with E-state index in [4.69, 9.17) is 16.3 Å². The number of rotatable bonds is 4. The summed E-state index contributed by atoms with van der Waals surface area (Å²) >= 11 is 6.79. The minimum atomic E-state index is -0.414. The SMILES string of the molecule is CCOc1cc(/C=C2/SC(=O)N(c3cccc(Cl)c3)C2=O)ccc1O. The lowest BCUT2D eigenvalue weighted by Gasteiger charge is -2.12. The van der Waals surface area contributed by atoms with E-state index in [0.717, 1.165) is 16.7 Å². The van der Waals surface area contributed by atoms with Gasteiger partial charge in [0.2, 0.25) is 0 Å². The van der Waals surface area contributed by atoms with E-state index in [1.165, 1.54) is 6.07 Å². The quantitative estimate of drug-likeness (QED) is 0.785. The normalized spacial score (nSPS) is 15.9. The first-order chi connectivity index (χ1) is 12.0. The van der Waals surface area contributed by atoms with E-state index in [9.17, 15) is 14.7 Å². The molecule has 1 fully saturated rings. The average molecular weight is 376 g/mol. The Morgan fingerprint density at radius 3 is 2.76 bits per heavy atom. The van der Waals surface area contributed by atoms with Crippen molar-refractivity contribution in [1.29, 1.82) is 0 Å². The molecular formula is C18H14ClNO4S. The number of imide groups is 1. The molecule has 2 aromatic carbocycles. The lowest BCUT2D eigenvalue weighted by atomic mass is 10.2. The minimum absolute atomic E-state index is 0.0195. The standard InChI is InChI=1S/C18H14ClNO4S/c1-2-24-15-8-11(6-7-14(15)21)9-16-17(22)20(18(23)25-16)13-5-3-4-12(19)10-13/h3-10,21H,2H2,1H3/b16-9+. The predicted molar refractivity (Wildman–Crippen MR) is 99.2 cm³/mol. The van der Waals surface area contributed by atoms with Crippen LogP contribution in [0.2, 0.25) is 5.02 Å². The maximum atomic E-state index is 12.6. The van der Waals surface area contributed by atoms with Crippen molar-refractivity contribution in [2.24, 2.45) is 0 Å². The summed E-state index contributed by atoms with van der Waals surface area (Å²) in [5.41, 5.74) is 1.08.